The zero-order valence-corrected chi connectivity index (χ0v) is 15.7. The molecule has 1 aliphatic rings. The van der Waals surface area contributed by atoms with Crippen LogP contribution in [-0.4, -0.2) is 58.8 Å². The maximum absolute atomic E-state index is 12.8. The molecule has 0 atom stereocenters. The highest BCUT2D eigenvalue weighted by atomic mass is 35.5. The minimum absolute atomic E-state index is 0.155. The first kappa shape index (κ1) is 18.4. The summed E-state index contributed by atoms with van der Waals surface area (Å²) in [5, 5.41) is 8.42. The third-order valence-electron chi connectivity index (χ3n) is 4.53. The topological polar surface area (TPSA) is 71.5 Å². The third-order valence-corrected chi connectivity index (χ3v) is 4.84. The van der Waals surface area contributed by atoms with Gasteiger partial charge in [-0.05, 0) is 38.0 Å². The highest BCUT2D eigenvalue weighted by Gasteiger charge is 2.28. The first-order valence-electron chi connectivity index (χ1n) is 8.69. The fourth-order valence-electron chi connectivity index (χ4n) is 3.08. The summed E-state index contributed by atoms with van der Waals surface area (Å²) in [7, 11) is 2.01. The van der Waals surface area contributed by atoms with Gasteiger partial charge < -0.3 is 14.5 Å². The highest BCUT2D eigenvalue weighted by molar-refractivity contribution is 6.33. The molecule has 0 unspecified atom stereocenters. The van der Waals surface area contributed by atoms with Crippen molar-refractivity contribution in [3.8, 4) is 5.88 Å². The summed E-state index contributed by atoms with van der Waals surface area (Å²) in [5.41, 5.74) is 0.248. The van der Waals surface area contributed by atoms with Crippen LogP contribution in [0.5, 0.6) is 5.88 Å². The van der Waals surface area contributed by atoms with E-state index in [9.17, 15) is 4.79 Å². The van der Waals surface area contributed by atoms with Crippen molar-refractivity contribution in [1.29, 1.82) is 0 Å². The Bertz CT molecular complexity index is 751. The summed E-state index contributed by atoms with van der Waals surface area (Å²) in [4.78, 5) is 21.0. The van der Waals surface area contributed by atoms with Gasteiger partial charge in [0.2, 0.25) is 5.88 Å². The molecule has 138 valence electrons. The summed E-state index contributed by atoms with van der Waals surface area (Å²) in [6, 6.07) is 7.45. The molecule has 1 saturated heterocycles. The van der Waals surface area contributed by atoms with E-state index in [1.54, 1.807) is 23.2 Å². The number of amides is 1. The molecule has 7 nitrogen and oxygen atoms in total. The van der Waals surface area contributed by atoms with Gasteiger partial charge in [0.25, 0.3) is 5.91 Å². The van der Waals surface area contributed by atoms with Gasteiger partial charge in [0, 0.05) is 38.4 Å². The molecule has 0 saturated carbocycles. The van der Waals surface area contributed by atoms with Crippen LogP contribution in [0.25, 0.3) is 0 Å². The number of piperidine rings is 1. The van der Waals surface area contributed by atoms with Gasteiger partial charge in [-0.15, -0.1) is 5.10 Å². The second-order valence-corrected chi connectivity index (χ2v) is 6.54. The van der Waals surface area contributed by atoms with Gasteiger partial charge in [0.05, 0.1) is 11.6 Å². The van der Waals surface area contributed by atoms with Crippen molar-refractivity contribution in [2.45, 2.75) is 25.8 Å². The Morgan fingerprint density at radius 1 is 1.35 bits per heavy atom. The van der Waals surface area contributed by atoms with Gasteiger partial charge in [-0.2, -0.15) is 5.10 Å². The van der Waals surface area contributed by atoms with Crippen molar-refractivity contribution in [2.75, 3.05) is 31.6 Å². The number of rotatable bonds is 5. The second-order valence-electron chi connectivity index (χ2n) is 6.13. The number of anilines is 1. The zero-order valence-electron chi connectivity index (χ0n) is 14.9. The van der Waals surface area contributed by atoms with Crippen molar-refractivity contribution in [2.24, 2.45) is 0 Å². The predicted octanol–water partition coefficient (Wildman–Crippen LogP) is 2.66. The quantitative estimate of drug-likeness (QED) is 0.800. The lowest BCUT2D eigenvalue weighted by atomic mass is 10.0. The average Bonchev–Trinajstić information content (AvgIpc) is 2.69. The number of carbonyl (C=O) groups is 1. The Morgan fingerprint density at radius 3 is 2.77 bits per heavy atom. The number of halogens is 1. The average molecular weight is 376 g/mol. The number of aromatic nitrogens is 3. The van der Waals surface area contributed by atoms with Crippen molar-refractivity contribution < 1.29 is 9.53 Å². The van der Waals surface area contributed by atoms with Crippen molar-refractivity contribution >= 4 is 23.3 Å². The van der Waals surface area contributed by atoms with Crippen molar-refractivity contribution in [3.63, 3.8) is 0 Å². The van der Waals surface area contributed by atoms with E-state index in [0.29, 0.717) is 36.6 Å². The largest absolute Gasteiger partial charge is 0.478 e. The number of likely N-dealkylation sites (tertiary alicyclic amines) is 1. The standard InChI is InChI=1S/C18H22ClN5O2/c1-3-26-16-7-6-14(19)17(21-16)18(25)24-11-8-13(9-12-24)23(2)15-5-4-10-20-22-15/h4-7,10,13H,3,8-9,11-12H2,1-2H3. The first-order valence-corrected chi connectivity index (χ1v) is 9.07. The predicted molar refractivity (Wildman–Crippen MR) is 99.8 cm³/mol. The van der Waals surface area contributed by atoms with E-state index >= 15 is 0 Å². The third kappa shape index (κ3) is 4.04. The van der Waals surface area contributed by atoms with Crippen LogP contribution in [0.3, 0.4) is 0 Å². The fraction of sp³-hybridized carbons (Fsp3) is 0.444. The van der Waals surface area contributed by atoms with Gasteiger partial charge in [0.15, 0.2) is 11.5 Å². The number of ether oxygens (including phenoxy) is 1. The van der Waals surface area contributed by atoms with E-state index in [-0.39, 0.29) is 11.6 Å². The smallest absolute Gasteiger partial charge is 0.274 e. The second kappa shape index (κ2) is 8.31. The van der Waals surface area contributed by atoms with Crippen LogP contribution in [0.2, 0.25) is 5.02 Å². The molecule has 3 rings (SSSR count). The molecule has 0 radical (unpaired) electrons. The zero-order chi connectivity index (χ0) is 18.5. The number of hydrogen-bond acceptors (Lipinski definition) is 6. The van der Waals surface area contributed by atoms with E-state index in [0.717, 1.165) is 18.7 Å². The Morgan fingerprint density at radius 2 is 2.12 bits per heavy atom. The van der Waals surface area contributed by atoms with Crippen LogP contribution in [0, 0.1) is 0 Å². The molecule has 0 aliphatic carbocycles. The van der Waals surface area contributed by atoms with E-state index in [1.165, 1.54) is 0 Å². The molecule has 0 spiro atoms. The van der Waals surface area contributed by atoms with Gasteiger partial charge >= 0.3 is 0 Å². The minimum Gasteiger partial charge on any atom is -0.478 e. The molecule has 0 aromatic carbocycles. The van der Waals surface area contributed by atoms with Gasteiger partial charge in [-0.3, -0.25) is 4.79 Å². The maximum Gasteiger partial charge on any atom is 0.274 e. The summed E-state index contributed by atoms with van der Waals surface area (Å²) in [6.45, 7) is 3.65. The Hall–Kier alpha value is -2.41. The molecule has 1 amide bonds. The summed E-state index contributed by atoms with van der Waals surface area (Å²) < 4.78 is 5.38. The lowest BCUT2D eigenvalue weighted by Gasteiger charge is -2.37. The molecular weight excluding hydrogens is 354 g/mol. The monoisotopic (exact) mass is 375 g/mol. The van der Waals surface area contributed by atoms with E-state index in [1.807, 2.05) is 26.1 Å². The van der Waals surface area contributed by atoms with Crippen LogP contribution in [0.1, 0.15) is 30.3 Å². The fourth-order valence-corrected chi connectivity index (χ4v) is 3.26. The molecule has 0 N–H and O–H groups in total. The Labute approximate surface area is 157 Å². The lowest BCUT2D eigenvalue weighted by Crippen LogP contribution is -2.46. The molecular formula is C18H22ClN5O2. The molecule has 1 fully saturated rings. The number of carbonyl (C=O) groups excluding carboxylic acids is 1. The maximum atomic E-state index is 12.8. The molecule has 3 heterocycles. The number of hydrogen-bond donors (Lipinski definition) is 0. The van der Waals surface area contributed by atoms with E-state index < -0.39 is 0 Å². The molecule has 26 heavy (non-hydrogen) atoms. The van der Waals surface area contributed by atoms with Crippen LogP contribution in [-0.2, 0) is 0 Å². The summed E-state index contributed by atoms with van der Waals surface area (Å²) in [5.74, 6) is 1.10. The van der Waals surface area contributed by atoms with Crippen molar-refractivity contribution in [3.05, 3.63) is 41.2 Å². The van der Waals surface area contributed by atoms with Gasteiger partial charge in [-0.25, -0.2) is 4.98 Å². The molecule has 2 aromatic rings. The molecule has 2 aromatic heterocycles. The lowest BCUT2D eigenvalue weighted by molar-refractivity contribution is 0.0706. The SMILES string of the molecule is CCOc1ccc(Cl)c(C(=O)N2CCC(N(C)c3cccnn3)CC2)n1. The Balaban J connectivity index is 1.64. The van der Waals surface area contributed by atoms with Crippen LogP contribution < -0.4 is 9.64 Å². The van der Waals surface area contributed by atoms with Crippen molar-refractivity contribution in [1.82, 2.24) is 20.1 Å². The summed E-state index contributed by atoms with van der Waals surface area (Å²) in [6.07, 6.45) is 3.36. The van der Waals surface area contributed by atoms with E-state index in [4.69, 9.17) is 16.3 Å². The molecule has 0 bridgehead atoms. The first-order chi connectivity index (χ1) is 12.6. The Kier molecular flexibility index (Phi) is 5.88. The van der Waals surface area contributed by atoms with Gasteiger partial charge in [0.1, 0.15) is 0 Å². The molecule has 1 aliphatic heterocycles. The number of pyridine rings is 1. The van der Waals surface area contributed by atoms with Gasteiger partial charge in [-0.1, -0.05) is 11.6 Å². The van der Waals surface area contributed by atoms with Crippen LogP contribution in [0.15, 0.2) is 30.5 Å². The normalized spacial score (nSPS) is 15.0. The number of nitrogens with zero attached hydrogens (tertiary/aromatic N) is 5. The van der Waals surface area contributed by atoms with E-state index in [2.05, 4.69) is 20.1 Å². The highest BCUT2D eigenvalue weighted by Crippen LogP contribution is 2.24. The minimum atomic E-state index is -0.155. The summed E-state index contributed by atoms with van der Waals surface area (Å²) >= 11 is 6.18. The van der Waals surface area contributed by atoms with Crippen LogP contribution in [0.4, 0.5) is 5.82 Å². The molecule has 8 heteroatoms. The van der Waals surface area contributed by atoms with Crippen LogP contribution >= 0.6 is 11.6 Å².